The van der Waals surface area contributed by atoms with Gasteiger partial charge in [0, 0.05) is 31.9 Å². The van der Waals surface area contributed by atoms with Crippen molar-refractivity contribution in [1.29, 1.82) is 5.26 Å². The summed E-state index contributed by atoms with van der Waals surface area (Å²) in [5.41, 5.74) is 6.11. The molecule has 2 amide bonds. The molecule has 0 radical (unpaired) electrons. The van der Waals surface area contributed by atoms with Gasteiger partial charge in [-0.25, -0.2) is 13.3 Å². The lowest BCUT2D eigenvalue weighted by Crippen LogP contribution is -2.40. The van der Waals surface area contributed by atoms with Crippen molar-refractivity contribution in [3.63, 3.8) is 0 Å². The van der Waals surface area contributed by atoms with Crippen molar-refractivity contribution >= 4 is 50.5 Å². The molecule has 1 heterocycles. The number of imide groups is 1. The van der Waals surface area contributed by atoms with Gasteiger partial charge in [0.1, 0.15) is 11.6 Å². The minimum absolute atomic E-state index is 0.00762. The van der Waals surface area contributed by atoms with Crippen molar-refractivity contribution in [2.45, 2.75) is 11.8 Å². The summed E-state index contributed by atoms with van der Waals surface area (Å²) in [6.07, 6.45) is 1.07. The third-order valence-electron chi connectivity index (χ3n) is 4.94. The molecule has 0 spiro atoms. The average Bonchev–Trinajstić information content (AvgIpc) is 2.82. The van der Waals surface area contributed by atoms with Crippen LogP contribution in [0.4, 0.5) is 17.1 Å². The van der Waals surface area contributed by atoms with Gasteiger partial charge in [-0.3, -0.25) is 9.59 Å². The number of morpholine rings is 1. The molecule has 34 heavy (non-hydrogen) atoms. The summed E-state index contributed by atoms with van der Waals surface area (Å²) in [5, 5.41) is 12.4. The molecule has 2 aromatic rings. The fourth-order valence-electron chi connectivity index (χ4n) is 3.19. The van der Waals surface area contributed by atoms with Gasteiger partial charge >= 0.3 is 0 Å². The van der Waals surface area contributed by atoms with E-state index in [2.05, 4.69) is 5.32 Å². The largest absolute Gasteiger partial charge is 0.399 e. The van der Waals surface area contributed by atoms with E-state index in [-0.39, 0.29) is 34.4 Å². The predicted octanol–water partition coefficient (Wildman–Crippen LogP) is 2.34. The molecular weight excluding hydrogens is 482 g/mol. The van der Waals surface area contributed by atoms with Gasteiger partial charge in [0.05, 0.1) is 34.5 Å². The number of halogens is 1. The second-order valence-electron chi connectivity index (χ2n) is 7.22. The zero-order valence-electron chi connectivity index (χ0n) is 18.2. The van der Waals surface area contributed by atoms with E-state index < -0.39 is 27.4 Å². The predicted molar refractivity (Wildman–Crippen MR) is 127 cm³/mol. The lowest BCUT2D eigenvalue weighted by molar-refractivity contribution is -0.123. The lowest BCUT2D eigenvalue weighted by atomic mass is 10.2. The molecule has 0 aliphatic carbocycles. The van der Waals surface area contributed by atoms with Gasteiger partial charge in [0.15, 0.2) is 0 Å². The monoisotopic (exact) mass is 503 g/mol. The van der Waals surface area contributed by atoms with Crippen LogP contribution in [-0.4, -0.2) is 50.8 Å². The molecule has 0 saturated carbocycles. The van der Waals surface area contributed by atoms with E-state index in [4.69, 9.17) is 22.1 Å². The molecule has 2 aromatic carbocycles. The minimum atomic E-state index is -3.79. The summed E-state index contributed by atoms with van der Waals surface area (Å²) < 4.78 is 32.4. The summed E-state index contributed by atoms with van der Waals surface area (Å²) in [6.45, 7) is 2.25. The number of nitrogens with one attached hydrogen (secondary N) is 1. The molecule has 1 saturated heterocycles. The number of benzene rings is 2. The molecular formula is C22H22ClN5O5S. The first-order valence-corrected chi connectivity index (χ1v) is 11.9. The summed E-state index contributed by atoms with van der Waals surface area (Å²) in [7, 11) is -3.79. The number of carbonyl (C=O) groups is 2. The van der Waals surface area contributed by atoms with Crippen LogP contribution in [0.1, 0.15) is 6.92 Å². The maximum Gasteiger partial charge on any atom is 0.277 e. The van der Waals surface area contributed by atoms with Crippen molar-refractivity contribution in [2.24, 2.45) is 0 Å². The molecule has 0 unspecified atom stereocenters. The second kappa shape index (κ2) is 10.7. The summed E-state index contributed by atoms with van der Waals surface area (Å²) in [6, 6.07) is 11.8. The molecule has 1 aliphatic rings. The standard InChI is InChI=1S/C22H22ClN5O5S/c1-15(29)28(18-4-2-17(25)3-5-18)22(30)16(13-24)14-26-21-12-19(6-7-20(21)23)34(31,32)27-8-10-33-11-9-27/h2-7,12,14,26H,8-11,25H2,1H3/b16-14-. The summed E-state index contributed by atoms with van der Waals surface area (Å²) in [5.74, 6) is -1.48. The van der Waals surface area contributed by atoms with E-state index in [9.17, 15) is 23.3 Å². The van der Waals surface area contributed by atoms with E-state index in [0.29, 0.717) is 18.9 Å². The second-order valence-corrected chi connectivity index (χ2v) is 9.57. The topological polar surface area (TPSA) is 146 Å². The maximum atomic E-state index is 12.9. The number of rotatable bonds is 6. The van der Waals surface area contributed by atoms with E-state index >= 15 is 0 Å². The van der Waals surface area contributed by atoms with Crippen molar-refractivity contribution < 1.29 is 22.7 Å². The molecule has 1 fully saturated rings. The zero-order chi connectivity index (χ0) is 24.9. The molecule has 3 N–H and O–H groups in total. The highest BCUT2D eigenvalue weighted by molar-refractivity contribution is 7.89. The van der Waals surface area contributed by atoms with E-state index in [1.54, 1.807) is 6.07 Å². The minimum Gasteiger partial charge on any atom is -0.399 e. The van der Waals surface area contributed by atoms with Crippen molar-refractivity contribution in [1.82, 2.24) is 4.31 Å². The van der Waals surface area contributed by atoms with Gasteiger partial charge in [-0.2, -0.15) is 9.57 Å². The van der Waals surface area contributed by atoms with Gasteiger partial charge in [-0.05, 0) is 42.5 Å². The zero-order valence-corrected chi connectivity index (χ0v) is 19.8. The van der Waals surface area contributed by atoms with Crippen LogP contribution < -0.4 is 16.0 Å². The Balaban J connectivity index is 1.88. The normalized spacial score (nSPS) is 14.8. The Bertz CT molecular complexity index is 1270. The first kappa shape index (κ1) is 25.2. The lowest BCUT2D eigenvalue weighted by Gasteiger charge is -2.26. The molecule has 12 heteroatoms. The summed E-state index contributed by atoms with van der Waals surface area (Å²) >= 11 is 6.20. The molecule has 0 bridgehead atoms. The van der Waals surface area contributed by atoms with Crippen molar-refractivity contribution in [3.8, 4) is 6.07 Å². The highest BCUT2D eigenvalue weighted by Gasteiger charge is 2.27. The Kier molecular flexibility index (Phi) is 7.90. The van der Waals surface area contributed by atoms with Gasteiger partial charge in [0.2, 0.25) is 15.9 Å². The molecule has 0 atom stereocenters. The number of anilines is 3. The highest BCUT2D eigenvalue weighted by atomic mass is 35.5. The number of hydrogen-bond donors (Lipinski definition) is 2. The van der Waals surface area contributed by atoms with Crippen LogP contribution in [0.25, 0.3) is 0 Å². The Labute approximate surface area is 202 Å². The van der Waals surface area contributed by atoms with Gasteiger partial charge < -0.3 is 15.8 Å². The molecule has 0 aromatic heterocycles. The van der Waals surface area contributed by atoms with Gasteiger partial charge in [0.25, 0.3) is 5.91 Å². The number of ether oxygens (including phenoxy) is 1. The Morgan fingerprint density at radius 1 is 1.21 bits per heavy atom. The molecule has 1 aliphatic heterocycles. The number of nitrogens with zero attached hydrogens (tertiary/aromatic N) is 3. The first-order valence-electron chi connectivity index (χ1n) is 10.1. The van der Waals surface area contributed by atoms with Crippen LogP contribution in [0.2, 0.25) is 5.02 Å². The van der Waals surface area contributed by atoms with Crippen LogP contribution in [0.5, 0.6) is 0 Å². The number of nitrogen functional groups attached to an aromatic ring is 1. The van der Waals surface area contributed by atoms with E-state index in [1.165, 1.54) is 53.7 Å². The molecule has 3 rings (SSSR count). The Morgan fingerprint density at radius 3 is 2.44 bits per heavy atom. The smallest absolute Gasteiger partial charge is 0.277 e. The molecule has 10 nitrogen and oxygen atoms in total. The Morgan fingerprint density at radius 2 is 1.85 bits per heavy atom. The number of nitriles is 1. The summed E-state index contributed by atoms with van der Waals surface area (Å²) in [4.78, 5) is 25.9. The van der Waals surface area contributed by atoms with Crippen LogP contribution in [0, 0.1) is 11.3 Å². The van der Waals surface area contributed by atoms with Gasteiger partial charge in [-0.15, -0.1) is 0 Å². The van der Waals surface area contributed by atoms with Crippen molar-refractivity contribution in [3.05, 3.63) is 59.3 Å². The van der Waals surface area contributed by atoms with Crippen LogP contribution >= 0.6 is 11.6 Å². The fourth-order valence-corrected chi connectivity index (χ4v) is 4.80. The van der Waals surface area contributed by atoms with E-state index in [1.807, 2.05) is 0 Å². The number of nitrogens with two attached hydrogens (primary N) is 1. The SMILES string of the molecule is CC(=O)N(C(=O)/C(C#N)=C\Nc1cc(S(=O)(=O)N2CCOCC2)ccc1Cl)c1ccc(N)cc1. The number of amides is 2. The van der Waals surface area contributed by atoms with E-state index in [0.717, 1.165) is 11.1 Å². The number of sulfonamides is 1. The first-order chi connectivity index (χ1) is 16.1. The van der Waals surface area contributed by atoms with Crippen LogP contribution in [-0.2, 0) is 24.3 Å². The quantitative estimate of drug-likeness (QED) is 0.347. The third kappa shape index (κ3) is 5.55. The molecule has 178 valence electrons. The fraction of sp³-hybridized carbons (Fsp3) is 0.227. The third-order valence-corrected chi connectivity index (χ3v) is 7.16. The van der Waals surface area contributed by atoms with Crippen LogP contribution in [0.3, 0.4) is 0 Å². The maximum absolute atomic E-state index is 12.9. The average molecular weight is 504 g/mol. The van der Waals surface area contributed by atoms with Gasteiger partial charge in [-0.1, -0.05) is 11.6 Å². The number of hydrogen-bond acceptors (Lipinski definition) is 8. The van der Waals surface area contributed by atoms with Crippen molar-refractivity contribution in [2.75, 3.05) is 42.3 Å². The van der Waals surface area contributed by atoms with Crippen LogP contribution in [0.15, 0.2) is 59.1 Å². The number of carbonyl (C=O) groups excluding carboxylic acids is 2. The highest BCUT2D eigenvalue weighted by Crippen LogP contribution is 2.28. The Hall–Kier alpha value is -3.43.